The molecule has 1 heterocycles. The molecule has 0 unspecified atom stereocenters. The Morgan fingerprint density at radius 3 is 2.72 bits per heavy atom. The molecule has 0 aliphatic carbocycles. The number of halogens is 2. The van der Waals surface area contributed by atoms with Gasteiger partial charge in [-0.15, -0.1) is 8.78 Å². The third-order valence-electron chi connectivity index (χ3n) is 2.73. The Morgan fingerprint density at radius 1 is 1.39 bits per heavy atom. The Kier molecular flexibility index (Phi) is 3.11. The Bertz CT molecular complexity index is 476. The van der Waals surface area contributed by atoms with Crippen LogP contribution in [0.5, 0.6) is 11.5 Å². The molecule has 2 rings (SSSR count). The van der Waals surface area contributed by atoms with E-state index in [-0.39, 0.29) is 23.3 Å². The van der Waals surface area contributed by atoms with Crippen LogP contribution in [0.1, 0.15) is 20.3 Å². The topological polar surface area (TPSA) is 47.6 Å². The molecular weight excluding hydrogens is 244 g/mol. The highest BCUT2D eigenvalue weighted by atomic mass is 19.3. The van der Waals surface area contributed by atoms with Gasteiger partial charge in [0, 0.05) is 17.7 Å². The normalized spacial score (nSPS) is 17.3. The van der Waals surface area contributed by atoms with Gasteiger partial charge in [-0.2, -0.15) is 0 Å². The van der Waals surface area contributed by atoms with Crippen molar-refractivity contribution in [1.29, 1.82) is 0 Å². The summed E-state index contributed by atoms with van der Waals surface area (Å²) in [7, 11) is 0. The number of hydrogen-bond donors (Lipinski definition) is 1. The lowest BCUT2D eigenvalue weighted by atomic mass is 10.1. The highest BCUT2D eigenvalue weighted by Gasteiger charge is 2.43. The number of amides is 1. The molecule has 1 aliphatic heterocycles. The molecule has 1 N–H and O–H groups in total. The molecule has 0 saturated heterocycles. The Balaban J connectivity index is 2.12. The third-order valence-corrected chi connectivity index (χ3v) is 2.73. The zero-order valence-electron chi connectivity index (χ0n) is 10.00. The van der Waals surface area contributed by atoms with Crippen molar-refractivity contribution in [2.75, 3.05) is 5.32 Å². The van der Waals surface area contributed by atoms with Crippen LogP contribution in [0.4, 0.5) is 14.5 Å². The summed E-state index contributed by atoms with van der Waals surface area (Å²) >= 11 is 0. The number of carbonyl (C=O) groups excluding carboxylic acids is 1. The summed E-state index contributed by atoms with van der Waals surface area (Å²) in [4.78, 5) is 11.6. The molecule has 0 spiro atoms. The maximum Gasteiger partial charge on any atom is 0.586 e. The molecule has 1 atom stereocenters. The van der Waals surface area contributed by atoms with E-state index in [4.69, 9.17) is 0 Å². The van der Waals surface area contributed by atoms with Crippen LogP contribution in [0.2, 0.25) is 0 Å². The van der Waals surface area contributed by atoms with Crippen LogP contribution in [0.15, 0.2) is 18.2 Å². The van der Waals surface area contributed by atoms with E-state index >= 15 is 0 Å². The van der Waals surface area contributed by atoms with Gasteiger partial charge >= 0.3 is 6.29 Å². The average Bonchev–Trinajstić information content (AvgIpc) is 2.61. The van der Waals surface area contributed by atoms with Crippen LogP contribution in [0.25, 0.3) is 0 Å². The predicted octanol–water partition coefficient (Wildman–Crippen LogP) is 2.99. The third kappa shape index (κ3) is 2.52. The smallest absolute Gasteiger partial charge is 0.395 e. The molecule has 1 amide bonds. The molecule has 0 radical (unpaired) electrons. The second kappa shape index (κ2) is 4.44. The maximum atomic E-state index is 12.8. The lowest BCUT2D eigenvalue weighted by molar-refractivity contribution is -0.286. The Morgan fingerprint density at radius 2 is 2.06 bits per heavy atom. The van der Waals surface area contributed by atoms with Crippen molar-refractivity contribution in [1.82, 2.24) is 0 Å². The fourth-order valence-corrected chi connectivity index (χ4v) is 1.48. The number of fused-ring (bicyclic) bond motifs is 1. The van der Waals surface area contributed by atoms with Gasteiger partial charge in [0.1, 0.15) is 0 Å². The van der Waals surface area contributed by atoms with Crippen LogP contribution in [0, 0.1) is 5.92 Å². The monoisotopic (exact) mass is 257 g/mol. The summed E-state index contributed by atoms with van der Waals surface area (Å²) in [6.07, 6.45) is -2.93. The highest BCUT2D eigenvalue weighted by Crippen LogP contribution is 2.42. The molecule has 4 nitrogen and oxygen atoms in total. The van der Waals surface area contributed by atoms with Crippen molar-refractivity contribution < 1.29 is 23.0 Å². The van der Waals surface area contributed by atoms with Gasteiger partial charge in [0.2, 0.25) is 5.91 Å². The van der Waals surface area contributed by atoms with Crippen LogP contribution in [-0.4, -0.2) is 12.2 Å². The number of carbonyl (C=O) groups is 1. The van der Waals surface area contributed by atoms with Gasteiger partial charge in [-0.1, -0.05) is 13.8 Å². The molecule has 0 aromatic heterocycles. The van der Waals surface area contributed by atoms with Gasteiger partial charge in [0.05, 0.1) is 0 Å². The number of hydrogen-bond acceptors (Lipinski definition) is 3. The van der Waals surface area contributed by atoms with Crippen LogP contribution >= 0.6 is 0 Å². The Labute approximate surface area is 103 Å². The summed E-state index contributed by atoms with van der Waals surface area (Å²) < 4.78 is 34.1. The molecule has 0 bridgehead atoms. The Hall–Kier alpha value is -1.85. The summed E-state index contributed by atoms with van der Waals surface area (Å²) in [6, 6.07) is 4.14. The lowest BCUT2D eigenvalue weighted by Crippen LogP contribution is -2.25. The van der Waals surface area contributed by atoms with Crippen LogP contribution in [0.3, 0.4) is 0 Å². The van der Waals surface area contributed by atoms with E-state index in [1.807, 2.05) is 6.92 Å². The van der Waals surface area contributed by atoms with Crippen LogP contribution in [-0.2, 0) is 4.79 Å². The second-order valence-electron chi connectivity index (χ2n) is 4.13. The summed E-state index contributed by atoms with van der Waals surface area (Å²) in [6.45, 7) is 3.68. The predicted molar refractivity (Wildman–Crippen MR) is 60.7 cm³/mol. The van der Waals surface area contributed by atoms with Gasteiger partial charge in [-0.3, -0.25) is 4.79 Å². The first-order chi connectivity index (χ1) is 8.41. The van der Waals surface area contributed by atoms with Gasteiger partial charge in [-0.25, -0.2) is 0 Å². The average molecular weight is 257 g/mol. The fraction of sp³-hybridized carbons (Fsp3) is 0.417. The summed E-state index contributed by atoms with van der Waals surface area (Å²) in [5.74, 6) is -0.427. The first kappa shape index (κ1) is 12.6. The van der Waals surface area contributed by atoms with E-state index in [0.29, 0.717) is 12.1 Å². The second-order valence-corrected chi connectivity index (χ2v) is 4.13. The minimum atomic E-state index is -3.64. The van der Waals surface area contributed by atoms with E-state index in [0.717, 1.165) is 0 Å². The van der Waals surface area contributed by atoms with Crippen LogP contribution < -0.4 is 14.8 Å². The van der Waals surface area contributed by atoms with Crippen molar-refractivity contribution in [2.24, 2.45) is 5.92 Å². The van der Waals surface area contributed by atoms with Gasteiger partial charge in [0.15, 0.2) is 11.5 Å². The number of rotatable bonds is 3. The fourth-order valence-electron chi connectivity index (χ4n) is 1.48. The molecule has 1 aromatic rings. The minimum absolute atomic E-state index is 0.0402. The summed E-state index contributed by atoms with van der Waals surface area (Å²) in [5.41, 5.74) is 0.403. The standard InChI is InChI=1S/C12H13F2NO3/c1-3-7(2)11(16)15-8-4-5-9-10(6-8)18-12(13,14)17-9/h4-7H,3H2,1-2H3,(H,15,16)/t7-/m1/s1. The van der Waals surface area contributed by atoms with Crippen molar-refractivity contribution in [3.63, 3.8) is 0 Å². The largest absolute Gasteiger partial charge is 0.586 e. The number of benzene rings is 1. The van der Waals surface area contributed by atoms with Crippen molar-refractivity contribution in [3.05, 3.63) is 18.2 Å². The molecular formula is C12H13F2NO3. The van der Waals surface area contributed by atoms with Crippen molar-refractivity contribution >= 4 is 11.6 Å². The van der Waals surface area contributed by atoms with E-state index < -0.39 is 6.29 Å². The quantitative estimate of drug-likeness (QED) is 0.905. The minimum Gasteiger partial charge on any atom is -0.395 e. The van der Waals surface area contributed by atoms with E-state index in [1.165, 1.54) is 18.2 Å². The van der Waals surface area contributed by atoms with Gasteiger partial charge in [0.25, 0.3) is 0 Å². The first-order valence-electron chi connectivity index (χ1n) is 5.62. The van der Waals surface area contributed by atoms with E-state index in [1.54, 1.807) is 6.92 Å². The van der Waals surface area contributed by atoms with E-state index in [9.17, 15) is 13.6 Å². The SMILES string of the molecule is CC[C@@H](C)C(=O)Nc1ccc2c(c1)OC(F)(F)O2. The first-order valence-corrected chi connectivity index (χ1v) is 5.62. The molecule has 0 fully saturated rings. The zero-order valence-corrected chi connectivity index (χ0v) is 10.00. The maximum absolute atomic E-state index is 12.8. The van der Waals surface area contributed by atoms with Gasteiger partial charge in [-0.05, 0) is 18.6 Å². The molecule has 98 valence electrons. The number of alkyl halides is 2. The lowest BCUT2D eigenvalue weighted by Gasteiger charge is -2.10. The number of ether oxygens (including phenoxy) is 2. The number of anilines is 1. The van der Waals surface area contributed by atoms with E-state index in [2.05, 4.69) is 14.8 Å². The molecule has 0 saturated carbocycles. The zero-order chi connectivity index (χ0) is 13.3. The number of nitrogens with one attached hydrogen (secondary N) is 1. The van der Waals surface area contributed by atoms with Crippen molar-refractivity contribution in [3.8, 4) is 11.5 Å². The molecule has 18 heavy (non-hydrogen) atoms. The van der Waals surface area contributed by atoms with Crippen molar-refractivity contribution in [2.45, 2.75) is 26.6 Å². The summed E-state index contributed by atoms with van der Waals surface area (Å²) in [5, 5.41) is 2.63. The molecule has 6 heteroatoms. The highest BCUT2D eigenvalue weighted by molar-refractivity contribution is 5.92. The molecule has 1 aliphatic rings. The van der Waals surface area contributed by atoms with Gasteiger partial charge < -0.3 is 14.8 Å². The molecule has 1 aromatic carbocycles.